The van der Waals surface area contributed by atoms with E-state index in [0.29, 0.717) is 6.42 Å². The van der Waals surface area contributed by atoms with Crippen LogP contribution in [0.5, 0.6) is 0 Å². The van der Waals surface area contributed by atoms with Crippen molar-refractivity contribution < 1.29 is 14.3 Å². The zero-order valence-corrected chi connectivity index (χ0v) is 9.84. The van der Waals surface area contributed by atoms with E-state index in [9.17, 15) is 9.59 Å². The van der Waals surface area contributed by atoms with Crippen molar-refractivity contribution in [1.29, 1.82) is 0 Å². The molecule has 1 atom stereocenters. The van der Waals surface area contributed by atoms with Crippen LogP contribution in [-0.2, 0) is 23.0 Å². The molecule has 0 bridgehead atoms. The largest absolute Gasteiger partial charge is 0.415 e. The van der Waals surface area contributed by atoms with Crippen LogP contribution in [0.25, 0.3) is 10.9 Å². The average molecular weight is 244 g/mol. The van der Waals surface area contributed by atoms with Gasteiger partial charge in [-0.2, -0.15) is 0 Å². The molecule has 1 fully saturated rings. The number of nitrogens with one attached hydrogen (secondary N) is 1. The fourth-order valence-electron chi connectivity index (χ4n) is 2.34. The van der Waals surface area contributed by atoms with Gasteiger partial charge in [-0.05, 0) is 11.6 Å². The molecule has 2 heterocycles. The van der Waals surface area contributed by atoms with E-state index in [1.54, 1.807) is 0 Å². The van der Waals surface area contributed by atoms with Gasteiger partial charge in [0, 0.05) is 30.6 Å². The fourth-order valence-corrected chi connectivity index (χ4v) is 2.34. The van der Waals surface area contributed by atoms with Gasteiger partial charge in [-0.25, -0.2) is 9.59 Å². The van der Waals surface area contributed by atoms with Crippen molar-refractivity contribution in [3.63, 3.8) is 0 Å². The monoisotopic (exact) mass is 244 g/mol. The van der Waals surface area contributed by atoms with Crippen LogP contribution in [0.3, 0.4) is 0 Å². The Morgan fingerprint density at radius 3 is 2.83 bits per heavy atom. The molecule has 18 heavy (non-hydrogen) atoms. The van der Waals surface area contributed by atoms with E-state index in [0.717, 1.165) is 16.5 Å². The summed E-state index contributed by atoms with van der Waals surface area (Å²) in [6.07, 6.45) is 1.76. The Labute approximate surface area is 103 Å². The van der Waals surface area contributed by atoms with E-state index >= 15 is 0 Å². The smallest absolute Gasteiger partial charge is 0.375 e. The molecule has 0 unspecified atom stereocenters. The first-order chi connectivity index (χ1) is 8.65. The van der Waals surface area contributed by atoms with Crippen molar-refractivity contribution in [2.75, 3.05) is 0 Å². The summed E-state index contributed by atoms with van der Waals surface area (Å²) in [7, 11) is 1.96. The highest BCUT2D eigenvalue weighted by molar-refractivity contribution is 5.96. The second-order valence-corrected chi connectivity index (χ2v) is 4.39. The van der Waals surface area contributed by atoms with Gasteiger partial charge in [-0.3, -0.25) is 0 Å². The molecule has 1 aliphatic heterocycles. The molecule has 1 aromatic carbocycles. The molecule has 3 rings (SSSR count). The number of hydrogen-bond donors (Lipinski definition) is 1. The highest BCUT2D eigenvalue weighted by atomic mass is 16.6. The van der Waals surface area contributed by atoms with Crippen molar-refractivity contribution in [2.45, 2.75) is 12.5 Å². The lowest BCUT2D eigenvalue weighted by molar-refractivity contribution is -0.135. The molecule has 0 radical (unpaired) electrons. The van der Waals surface area contributed by atoms with Crippen molar-refractivity contribution in [3.05, 3.63) is 36.0 Å². The van der Waals surface area contributed by atoms with E-state index in [4.69, 9.17) is 0 Å². The first-order valence-electron chi connectivity index (χ1n) is 5.70. The van der Waals surface area contributed by atoms with E-state index in [1.807, 2.05) is 42.1 Å². The quantitative estimate of drug-likeness (QED) is 0.641. The molecule has 1 aromatic heterocycles. The Bertz CT molecular complexity index is 645. The molecule has 1 aliphatic rings. The number of hydrogen-bond acceptors (Lipinski definition) is 3. The highest BCUT2D eigenvalue weighted by Gasteiger charge is 2.32. The minimum atomic E-state index is -0.662. The number of alkyl carbamates (subject to hydrolysis) is 1. The number of aromatic nitrogens is 1. The summed E-state index contributed by atoms with van der Waals surface area (Å²) in [5, 5.41) is 3.60. The fraction of sp³-hybridized carbons (Fsp3) is 0.231. The number of ether oxygens (including phenoxy) is 1. The number of carbonyl (C=O) groups is 2. The standard InChI is InChI=1S/C13H12N2O3/c1-15-7-8(9-4-2-3-5-11(9)15)6-10-12(16)18-13(17)14-10/h2-5,7,10H,6H2,1H3,(H,14,17)/t10-/m1/s1. The summed E-state index contributed by atoms with van der Waals surface area (Å²) in [5.41, 5.74) is 2.13. The lowest BCUT2D eigenvalue weighted by Crippen LogP contribution is -2.30. The van der Waals surface area contributed by atoms with Gasteiger partial charge in [-0.15, -0.1) is 0 Å². The van der Waals surface area contributed by atoms with Gasteiger partial charge in [0.05, 0.1) is 0 Å². The lowest BCUT2D eigenvalue weighted by Gasteiger charge is -2.03. The molecule has 0 saturated carbocycles. The van der Waals surface area contributed by atoms with Crippen molar-refractivity contribution >= 4 is 23.0 Å². The molecular formula is C13H12N2O3. The Balaban J connectivity index is 1.96. The summed E-state index contributed by atoms with van der Waals surface area (Å²) < 4.78 is 6.48. The molecule has 5 heteroatoms. The molecule has 92 valence electrons. The number of aryl methyl sites for hydroxylation is 1. The van der Waals surface area contributed by atoms with Crippen molar-refractivity contribution in [3.8, 4) is 0 Å². The van der Waals surface area contributed by atoms with Crippen LogP contribution in [0.2, 0.25) is 0 Å². The van der Waals surface area contributed by atoms with Crippen LogP contribution in [0.15, 0.2) is 30.5 Å². The first kappa shape index (κ1) is 10.8. The van der Waals surface area contributed by atoms with E-state index in [2.05, 4.69) is 10.1 Å². The molecule has 1 amide bonds. The second-order valence-electron chi connectivity index (χ2n) is 4.39. The van der Waals surface area contributed by atoms with Gasteiger partial charge in [0.2, 0.25) is 0 Å². The molecule has 1 N–H and O–H groups in total. The molecule has 0 aliphatic carbocycles. The number of esters is 1. The highest BCUT2D eigenvalue weighted by Crippen LogP contribution is 2.22. The topological polar surface area (TPSA) is 60.3 Å². The third-order valence-electron chi connectivity index (χ3n) is 3.17. The zero-order chi connectivity index (χ0) is 12.7. The second kappa shape index (κ2) is 3.87. The van der Waals surface area contributed by atoms with Crippen molar-refractivity contribution in [2.24, 2.45) is 7.05 Å². The van der Waals surface area contributed by atoms with Gasteiger partial charge >= 0.3 is 12.1 Å². The number of fused-ring (bicyclic) bond motifs is 1. The Morgan fingerprint density at radius 2 is 2.11 bits per heavy atom. The maximum atomic E-state index is 11.4. The predicted octanol–water partition coefficient (Wildman–Crippen LogP) is 1.36. The van der Waals surface area contributed by atoms with Gasteiger partial charge in [0.15, 0.2) is 0 Å². The number of para-hydroxylation sites is 1. The van der Waals surface area contributed by atoms with E-state index in [1.165, 1.54) is 0 Å². The zero-order valence-electron chi connectivity index (χ0n) is 9.84. The average Bonchev–Trinajstić information content (AvgIpc) is 2.82. The van der Waals surface area contributed by atoms with Crippen LogP contribution < -0.4 is 5.32 Å². The summed E-state index contributed by atoms with van der Waals surface area (Å²) in [4.78, 5) is 22.4. The summed E-state index contributed by atoms with van der Waals surface area (Å²) in [6, 6.07) is 7.37. The van der Waals surface area contributed by atoms with Crippen LogP contribution in [0.1, 0.15) is 5.56 Å². The molecular weight excluding hydrogens is 232 g/mol. The maximum Gasteiger partial charge on any atom is 0.415 e. The summed E-state index contributed by atoms with van der Waals surface area (Å²) >= 11 is 0. The van der Waals surface area contributed by atoms with E-state index < -0.39 is 18.1 Å². The normalized spacial score (nSPS) is 19.1. The van der Waals surface area contributed by atoms with Crippen LogP contribution in [0.4, 0.5) is 4.79 Å². The number of benzene rings is 1. The van der Waals surface area contributed by atoms with E-state index in [-0.39, 0.29) is 0 Å². The van der Waals surface area contributed by atoms with Crippen LogP contribution >= 0.6 is 0 Å². The van der Waals surface area contributed by atoms with Crippen LogP contribution in [0, 0.1) is 0 Å². The number of carbonyl (C=O) groups excluding carboxylic acids is 2. The Hall–Kier alpha value is -2.30. The van der Waals surface area contributed by atoms with Gasteiger partial charge in [0.1, 0.15) is 6.04 Å². The predicted molar refractivity (Wildman–Crippen MR) is 65.0 cm³/mol. The SMILES string of the molecule is Cn1cc(C[C@H]2NC(=O)OC2=O)c2ccccc21. The Morgan fingerprint density at radius 1 is 1.33 bits per heavy atom. The molecule has 0 spiro atoms. The molecule has 5 nitrogen and oxygen atoms in total. The molecule has 1 saturated heterocycles. The summed E-state index contributed by atoms with van der Waals surface area (Å²) in [6.45, 7) is 0. The maximum absolute atomic E-state index is 11.4. The van der Waals surface area contributed by atoms with Crippen molar-refractivity contribution in [1.82, 2.24) is 9.88 Å². The number of rotatable bonds is 2. The van der Waals surface area contributed by atoms with Crippen LogP contribution in [-0.4, -0.2) is 22.7 Å². The van der Waals surface area contributed by atoms with Gasteiger partial charge < -0.3 is 14.6 Å². The number of nitrogens with zero attached hydrogens (tertiary/aromatic N) is 1. The first-order valence-corrected chi connectivity index (χ1v) is 5.70. The van der Waals surface area contributed by atoms with Gasteiger partial charge in [0.25, 0.3) is 0 Å². The third kappa shape index (κ3) is 1.64. The third-order valence-corrected chi connectivity index (χ3v) is 3.17. The molecule has 2 aromatic rings. The number of cyclic esters (lactones) is 2. The number of amides is 1. The summed E-state index contributed by atoms with van der Waals surface area (Å²) in [5.74, 6) is -0.507. The minimum Gasteiger partial charge on any atom is -0.375 e. The van der Waals surface area contributed by atoms with Gasteiger partial charge in [-0.1, -0.05) is 18.2 Å². The lowest BCUT2D eigenvalue weighted by atomic mass is 10.1. The Kier molecular flexibility index (Phi) is 2.33. The minimum absolute atomic E-state index is 0.450.